The van der Waals surface area contributed by atoms with Gasteiger partial charge in [-0.2, -0.15) is 0 Å². The molecule has 5 heteroatoms. The van der Waals surface area contributed by atoms with Gasteiger partial charge in [-0.15, -0.1) is 0 Å². The summed E-state index contributed by atoms with van der Waals surface area (Å²) in [4.78, 5) is 28.1. The van der Waals surface area contributed by atoms with Gasteiger partial charge in [0.2, 0.25) is 11.8 Å². The van der Waals surface area contributed by atoms with Crippen LogP contribution in [-0.2, 0) is 16.1 Å². The molecule has 0 spiro atoms. The number of rotatable bonds is 9. The highest BCUT2D eigenvalue weighted by Gasteiger charge is 2.29. The average molecular weight is 447 g/mol. The van der Waals surface area contributed by atoms with Crippen LogP contribution in [0, 0.1) is 5.82 Å². The summed E-state index contributed by atoms with van der Waals surface area (Å²) in [7, 11) is 0. The Morgan fingerprint density at radius 1 is 0.818 bits per heavy atom. The summed E-state index contributed by atoms with van der Waals surface area (Å²) in [6.07, 6.45) is 0.217. The SMILES string of the molecule is CC(C)NC(=O)[C@@H](C)N(Cc1ccc(F)cc1)C(=O)CC(c1ccccc1)c1ccccc1. The van der Waals surface area contributed by atoms with Crippen LogP contribution >= 0.6 is 0 Å². The van der Waals surface area contributed by atoms with E-state index in [1.54, 1.807) is 24.0 Å². The molecule has 1 N–H and O–H groups in total. The van der Waals surface area contributed by atoms with E-state index >= 15 is 0 Å². The minimum absolute atomic E-state index is 0.0379. The Morgan fingerprint density at radius 2 is 1.33 bits per heavy atom. The lowest BCUT2D eigenvalue weighted by Crippen LogP contribution is -2.49. The molecule has 3 rings (SSSR count). The number of carbonyl (C=O) groups is 2. The highest BCUT2D eigenvalue weighted by molar-refractivity contribution is 5.88. The van der Waals surface area contributed by atoms with E-state index in [0.717, 1.165) is 16.7 Å². The summed E-state index contributed by atoms with van der Waals surface area (Å²) >= 11 is 0. The molecule has 3 aromatic carbocycles. The second-order valence-electron chi connectivity index (χ2n) is 8.57. The Balaban J connectivity index is 1.91. The minimum Gasteiger partial charge on any atom is -0.352 e. The standard InChI is InChI=1S/C28H31FN2O2/c1-20(2)30-28(33)21(3)31(19-22-14-16-25(29)17-15-22)27(32)18-26(23-10-6-4-7-11-23)24-12-8-5-9-13-24/h4-17,20-21,26H,18-19H2,1-3H3,(H,30,33)/t21-/m1/s1. The van der Waals surface area contributed by atoms with E-state index in [2.05, 4.69) is 5.32 Å². The molecule has 0 fully saturated rings. The van der Waals surface area contributed by atoms with Crippen LogP contribution in [0.2, 0.25) is 0 Å². The molecule has 2 amide bonds. The first-order chi connectivity index (χ1) is 15.8. The molecular formula is C28H31FN2O2. The number of hydrogen-bond donors (Lipinski definition) is 1. The van der Waals surface area contributed by atoms with Gasteiger partial charge in [0.1, 0.15) is 11.9 Å². The van der Waals surface area contributed by atoms with Crippen molar-refractivity contribution in [1.29, 1.82) is 0 Å². The Bertz CT molecular complexity index is 997. The lowest BCUT2D eigenvalue weighted by Gasteiger charge is -2.31. The summed E-state index contributed by atoms with van der Waals surface area (Å²) < 4.78 is 13.4. The van der Waals surface area contributed by atoms with Gasteiger partial charge < -0.3 is 10.2 Å². The molecule has 1 atom stereocenters. The van der Waals surface area contributed by atoms with E-state index in [0.29, 0.717) is 0 Å². The maximum absolute atomic E-state index is 13.7. The molecule has 0 heterocycles. The number of amides is 2. The molecule has 0 saturated carbocycles. The first-order valence-electron chi connectivity index (χ1n) is 11.3. The van der Waals surface area contributed by atoms with Gasteiger partial charge in [-0.3, -0.25) is 9.59 Å². The smallest absolute Gasteiger partial charge is 0.242 e. The normalized spacial score (nSPS) is 11.9. The average Bonchev–Trinajstić information content (AvgIpc) is 2.82. The molecule has 0 bridgehead atoms. The van der Waals surface area contributed by atoms with E-state index < -0.39 is 6.04 Å². The Hall–Kier alpha value is -3.47. The lowest BCUT2D eigenvalue weighted by molar-refractivity contribution is -0.141. The van der Waals surface area contributed by atoms with E-state index in [1.807, 2.05) is 74.5 Å². The number of benzene rings is 3. The van der Waals surface area contributed by atoms with Crippen LogP contribution in [0.3, 0.4) is 0 Å². The first kappa shape index (κ1) is 24.2. The highest BCUT2D eigenvalue weighted by Crippen LogP contribution is 2.29. The van der Waals surface area contributed by atoms with Crippen molar-refractivity contribution >= 4 is 11.8 Å². The van der Waals surface area contributed by atoms with Crippen molar-refractivity contribution < 1.29 is 14.0 Å². The fraction of sp³-hybridized carbons (Fsp3) is 0.286. The molecule has 0 aromatic heterocycles. The van der Waals surface area contributed by atoms with Crippen LogP contribution in [-0.4, -0.2) is 28.8 Å². The summed E-state index contributed by atoms with van der Waals surface area (Å²) in [5.41, 5.74) is 2.85. The van der Waals surface area contributed by atoms with Crippen LogP contribution in [0.1, 0.15) is 49.8 Å². The zero-order valence-electron chi connectivity index (χ0n) is 19.4. The van der Waals surface area contributed by atoms with Crippen molar-refractivity contribution in [2.45, 2.75) is 51.7 Å². The summed E-state index contributed by atoms with van der Waals surface area (Å²) in [6.45, 7) is 5.73. The summed E-state index contributed by atoms with van der Waals surface area (Å²) in [6, 6.07) is 25.2. The number of carbonyl (C=O) groups excluding carboxylic acids is 2. The zero-order valence-corrected chi connectivity index (χ0v) is 19.4. The third kappa shape index (κ3) is 6.75. The maximum Gasteiger partial charge on any atom is 0.242 e. The van der Waals surface area contributed by atoms with Crippen LogP contribution in [0.15, 0.2) is 84.9 Å². The fourth-order valence-corrected chi connectivity index (χ4v) is 3.86. The van der Waals surface area contributed by atoms with Crippen molar-refractivity contribution in [3.63, 3.8) is 0 Å². The van der Waals surface area contributed by atoms with Gasteiger partial charge in [0, 0.05) is 24.9 Å². The first-order valence-corrected chi connectivity index (χ1v) is 11.3. The van der Waals surface area contributed by atoms with Gasteiger partial charge >= 0.3 is 0 Å². The van der Waals surface area contributed by atoms with Gasteiger partial charge in [-0.25, -0.2) is 4.39 Å². The van der Waals surface area contributed by atoms with E-state index in [1.165, 1.54) is 12.1 Å². The summed E-state index contributed by atoms with van der Waals surface area (Å²) in [5.74, 6) is -0.828. The Morgan fingerprint density at radius 3 is 1.82 bits per heavy atom. The van der Waals surface area contributed by atoms with E-state index in [4.69, 9.17) is 0 Å². The van der Waals surface area contributed by atoms with Crippen molar-refractivity contribution in [1.82, 2.24) is 10.2 Å². The van der Waals surface area contributed by atoms with Crippen LogP contribution in [0.4, 0.5) is 4.39 Å². The van der Waals surface area contributed by atoms with Crippen LogP contribution in [0.5, 0.6) is 0 Å². The highest BCUT2D eigenvalue weighted by atomic mass is 19.1. The van der Waals surface area contributed by atoms with Crippen molar-refractivity contribution in [2.75, 3.05) is 0 Å². The predicted octanol–water partition coefficient (Wildman–Crippen LogP) is 5.29. The van der Waals surface area contributed by atoms with Crippen LogP contribution < -0.4 is 5.32 Å². The quantitative estimate of drug-likeness (QED) is 0.486. The van der Waals surface area contributed by atoms with Gasteiger partial charge in [0.25, 0.3) is 0 Å². The minimum atomic E-state index is -0.669. The number of halogens is 1. The largest absolute Gasteiger partial charge is 0.352 e. The second kappa shape index (κ2) is 11.4. The third-order valence-electron chi connectivity index (χ3n) is 5.65. The lowest BCUT2D eigenvalue weighted by atomic mass is 9.88. The fourth-order valence-electron chi connectivity index (χ4n) is 3.86. The van der Waals surface area contributed by atoms with Gasteiger partial charge in [-0.05, 0) is 49.6 Å². The molecule has 172 valence electrons. The molecule has 4 nitrogen and oxygen atoms in total. The van der Waals surface area contributed by atoms with Gasteiger partial charge in [0.05, 0.1) is 0 Å². The van der Waals surface area contributed by atoms with Crippen molar-refractivity contribution in [2.24, 2.45) is 0 Å². The number of nitrogens with one attached hydrogen (secondary N) is 1. The molecule has 3 aromatic rings. The number of nitrogens with zero attached hydrogens (tertiary/aromatic N) is 1. The van der Waals surface area contributed by atoms with Crippen LogP contribution in [0.25, 0.3) is 0 Å². The number of hydrogen-bond acceptors (Lipinski definition) is 2. The molecule has 0 aliphatic rings. The van der Waals surface area contributed by atoms with Gasteiger partial charge in [-0.1, -0.05) is 72.8 Å². The molecular weight excluding hydrogens is 415 g/mol. The Labute approximate surface area is 195 Å². The molecule has 0 saturated heterocycles. The molecule has 0 radical (unpaired) electrons. The topological polar surface area (TPSA) is 49.4 Å². The van der Waals surface area contributed by atoms with Gasteiger partial charge in [0.15, 0.2) is 0 Å². The Kier molecular flexibility index (Phi) is 8.36. The molecule has 0 unspecified atom stereocenters. The van der Waals surface area contributed by atoms with Crippen molar-refractivity contribution in [3.8, 4) is 0 Å². The maximum atomic E-state index is 13.7. The summed E-state index contributed by atoms with van der Waals surface area (Å²) in [5, 5.41) is 2.90. The predicted molar refractivity (Wildman–Crippen MR) is 129 cm³/mol. The molecule has 33 heavy (non-hydrogen) atoms. The van der Waals surface area contributed by atoms with Crippen molar-refractivity contribution in [3.05, 3.63) is 107 Å². The zero-order chi connectivity index (χ0) is 23.8. The molecule has 0 aliphatic carbocycles. The van der Waals surface area contributed by atoms with E-state index in [9.17, 15) is 14.0 Å². The second-order valence-corrected chi connectivity index (χ2v) is 8.57. The van der Waals surface area contributed by atoms with E-state index in [-0.39, 0.29) is 42.6 Å². The third-order valence-corrected chi connectivity index (χ3v) is 5.65. The monoisotopic (exact) mass is 446 g/mol. The molecule has 0 aliphatic heterocycles.